The largest absolute Gasteiger partial charge is 0.356 e. The Morgan fingerprint density at radius 1 is 0.750 bits per heavy atom. The van der Waals surface area contributed by atoms with E-state index in [1.165, 1.54) is 0 Å². The van der Waals surface area contributed by atoms with Gasteiger partial charge in [-0.1, -0.05) is 33.1 Å². The monoisotopic (exact) mass is 398 g/mol. The van der Waals surface area contributed by atoms with Crippen LogP contribution in [0.3, 0.4) is 0 Å². The van der Waals surface area contributed by atoms with Crippen LogP contribution < -0.4 is 22.1 Å². The molecule has 0 aromatic carbocycles. The molecule has 0 bridgehead atoms. The quantitative estimate of drug-likeness (QED) is 0.282. The highest BCUT2D eigenvalue weighted by atomic mass is 16.2. The lowest BCUT2D eigenvalue weighted by Crippen LogP contribution is -2.43. The minimum Gasteiger partial charge on any atom is -0.356 e. The van der Waals surface area contributed by atoms with Gasteiger partial charge in [0.25, 0.3) is 0 Å². The Morgan fingerprint density at radius 2 is 1.36 bits per heavy atom. The Labute approximate surface area is 173 Å². The molecule has 0 atom stereocenters. The molecule has 0 heterocycles. The summed E-state index contributed by atoms with van der Waals surface area (Å²) >= 11 is 0. The Hall–Kier alpha value is -1.14. The van der Waals surface area contributed by atoms with Crippen molar-refractivity contribution in [2.24, 2.45) is 16.9 Å². The van der Waals surface area contributed by atoms with Crippen molar-refractivity contribution in [3.8, 4) is 0 Å². The molecule has 0 saturated heterocycles. The maximum atomic E-state index is 12.1. The molecule has 0 rings (SSSR count). The molecule has 0 saturated carbocycles. The van der Waals surface area contributed by atoms with Crippen LogP contribution in [0.5, 0.6) is 0 Å². The minimum atomic E-state index is -0.179. The van der Waals surface area contributed by atoms with Crippen molar-refractivity contribution in [2.45, 2.75) is 104 Å². The second-order valence-corrected chi connectivity index (χ2v) is 9.41. The lowest BCUT2D eigenvalue weighted by molar-refractivity contribution is -0.124. The van der Waals surface area contributed by atoms with Gasteiger partial charge in [-0.2, -0.15) is 0 Å². The van der Waals surface area contributed by atoms with E-state index in [4.69, 9.17) is 11.5 Å². The van der Waals surface area contributed by atoms with Crippen molar-refractivity contribution in [1.29, 1.82) is 0 Å². The molecule has 0 fully saturated rings. The summed E-state index contributed by atoms with van der Waals surface area (Å²) in [5, 5.41) is 6.07. The molecule has 0 spiro atoms. The van der Waals surface area contributed by atoms with E-state index >= 15 is 0 Å². The fourth-order valence-electron chi connectivity index (χ4n) is 3.11. The molecule has 6 heteroatoms. The number of rotatable bonds is 17. The van der Waals surface area contributed by atoms with E-state index in [0.717, 1.165) is 70.9 Å². The summed E-state index contributed by atoms with van der Waals surface area (Å²) in [7, 11) is 0. The highest BCUT2D eigenvalue weighted by Crippen LogP contribution is 2.20. The highest BCUT2D eigenvalue weighted by Gasteiger charge is 2.19. The van der Waals surface area contributed by atoms with Gasteiger partial charge in [-0.15, -0.1) is 0 Å². The molecule has 6 nitrogen and oxygen atoms in total. The third-order valence-electron chi connectivity index (χ3n) is 5.20. The second-order valence-electron chi connectivity index (χ2n) is 9.41. The normalized spacial score (nSPS) is 12.1. The minimum absolute atomic E-state index is 0.0757. The van der Waals surface area contributed by atoms with Crippen LogP contribution >= 0.6 is 0 Å². The van der Waals surface area contributed by atoms with Gasteiger partial charge in [-0.3, -0.25) is 9.59 Å². The molecule has 0 aliphatic heterocycles. The number of hydrogen-bond acceptors (Lipinski definition) is 4. The summed E-state index contributed by atoms with van der Waals surface area (Å²) in [6.45, 7) is 10.6. The van der Waals surface area contributed by atoms with Crippen LogP contribution in [0.4, 0.5) is 0 Å². The van der Waals surface area contributed by atoms with E-state index in [9.17, 15) is 9.59 Å². The van der Waals surface area contributed by atoms with Gasteiger partial charge in [-0.25, -0.2) is 0 Å². The van der Waals surface area contributed by atoms with Crippen molar-refractivity contribution in [1.82, 2.24) is 10.6 Å². The van der Waals surface area contributed by atoms with E-state index in [-0.39, 0.29) is 22.8 Å². The lowest BCUT2D eigenvalue weighted by Gasteiger charge is -2.26. The summed E-state index contributed by atoms with van der Waals surface area (Å²) in [4.78, 5) is 24.0. The average molecular weight is 399 g/mol. The third kappa shape index (κ3) is 15.9. The number of nitrogens with one attached hydrogen (secondary N) is 2. The molecule has 6 N–H and O–H groups in total. The van der Waals surface area contributed by atoms with Gasteiger partial charge in [0.1, 0.15) is 0 Å². The van der Waals surface area contributed by atoms with E-state index in [1.54, 1.807) is 0 Å². The summed E-state index contributed by atoms with van der Waals surface area (Å²) in [5.74, 6) is 0.158. The zero-order valence-corrected chi connectivity index (χ0v) is 18.9. The SMILES string of the molecule is CC(C)(CN)CCCCNC(=O)CCCCC(=O)NC(C)(C)CCCCCN. The fraction of sp³-hybridized carbons (Fsp3) is 0.909. The molecule has 0 aliphatic rings. The van der Waals surface area contributed by atoms with Crippen molar-refractivity contribution < 1.29 is 9.59 Å². The molecular formula is C22H46N4O2. The number of nitrogens with two attached hydrogens (primary N) is 2. The van der Waals surface area contributed by atoms with E-state index in [2.05, 4.69) is 38.3 Å². The van der Waals surface area contributed by atoms with Crippen LogP contribution in [0.25, 0.3) is 0 Å². The number of hydrogen-bond donors (Lipinski definition) is 4. The Bertz CT molecular complexity index is 436. The average Bonchev–Trinajstić information content (AvgIpc) is 2.61. The molecule has 0 aromatic rings. The van der Waals surface area contributed by atoms with Gasteiger partial charge in [-0.05, 0) is 70.9 Å². The maximum absolute atomic E-state index is 12.1. The van der Waals surface area contributed by atoms with Crippen molar-refractivity contribution in [3.63, 3.8) is 0 Å². The Balaban J connectivity index is 3.71. The zero-order chi connectivity index (χ0) is 21.5. The fourth-order valence-corrected chi connectivity index (χ4v) is 3.11. The first kappa shape index (κ1) is 26.9. The molecule has 0 aliphatic carbocycles. The van der Waals surface area contributed by atoms with Gasteiger partial charge >= 0.3 is 0 Å². The summed E-state index contributed by atoms with van der Waals surface area (Å²) in [6.07, 6.45) is 9.79. The predicted octanol–water partition coefficient (Wildman–Crippen LogP) is 3.23. The Kier molecular flexibility index (Phi) is 14.2. The molecule has 28 heavy (non-hydrogen) atoms. The van der Waals surface area contributed by atoms with E-state index in [1.807, 2.05) is 0 Å². The predicted molar refractivity (Wildman–Crippen MR) is 118 cm³/mol. The summed E-state index contributed by atoms with van der Waals surface area (Å²) in [6, 6.07) is 0. The first-order chi connectivity index (χ1) is 13.1. The van der Waals surface area contributed by atoms with Crippen molar-refractivity contribution in [3.05, 3.63) is 0 Å². The molecule has 0 aromatic heterocycles. The van der Waals surface area contributed by atoms with Gasteiger partial charge in [0.05, 0.1) is 0 Å². The van der Waals surface area contributed by atoms with Crippen LogP contribution in [0, 0.1) is 5.41 Å². The molecular weight excluding hydrogens is 352 g/mol. The standard InChI is InChI=1S/C22H46N4O2/c1-21(2,18-24)14-9-11-17-25-19(27)12-6-7-13-20(28)26-22(3,4)15-8-5-10-16-23/h5-18,23-24H2,1-4H3,(H,25,27)(H,26,28). The zero-order valence-electron chi connectivity index (χ0n) is 18.9. The van der Waals surface area contributed by atoms with Crippen LogP contribution in [0.2, 0.25) is 0 Å². The van der Waals surface area contributed by atoms with Gasteiger partial charge in [0, 0.05) is 24.9 Å². The molecule has 166 valence electrons. The summed E-state index contributed by atoms with van der Waals surface area (Å²) < 4.78 is 0. The second kappa shape index (κ2) is 14.8. The Morgan fingerprint density at radius 3 is 1.96 bits per heavy atom. The topological polar surface area (TPSA) is 110 Å². The number of unbranched alkanes of at least 4 members (excludes halogenated alkanes) is 4. The van der Waals surface area contributed by atoms with Gasteiger partial charge in [0.2, 0.25) is 11.8 Å². The van der Waals surface area contributed by atoms with Crippen LogP contribution in [-0.4, -0.2) is 37.0 Å². The number of amides is 2. The van der Waals surface area contributed by atoms with E-state index < -0.39 is 0 Å². The summed E-state index contributed by atoms with van der Waals surface area (Å²) in [5.41, 5.74) is 11.2. The lowest BCUT2D eigenvalue weighted by atomic mass is 9.87. The van der Waals surface area contributed by atoms with E-state index in [0.29, 0.717) is 19.4 Å². The molecule has 0 unspecified atom stereocenters. The molecule has 0 radical (unpaired) electrons. The first-order valence-electron chi connectivity index (χ1n) is 11.1. The molecule has 2 amide bonds. The smallest absolute Gasteiger partial charge is 0.220 e. The van der Waals surface area contributed by atoms with Gasteiger partial charge in [0.15, 0.2) is 0 Å². The third-order valence-corrected chi connectivity index (χ3v) is 5.20. The van der Waals surface area contributed by atoms with Crippen molar-refractivity contribution >= 4 is 11.8 Å². The number of carbonyl (C=O) groups is 2. The van der Waals surface area contributed by atoms with Crippen LogP contribution in [0.15, 0.2) is 0 Å². The van der Waals surface area contributed by atoms with Gasteiger partial charge < -0.3 is 22.1 Å². The van der Waals surface area contributed by atoms with Crippen molar-refractivity contribution in [2.75, 3.05) is 19.6 Å². The van der Waals surface area contributed by atoms with Crippen LogP contribution in [0.1, 0.15) is 98.3 Å². The maximum Gasteiger partial charge on any atom is 0.220 e. The highest BCUT2D eigenvalue weighted by molar-refractivity contribution is 5.77. The van der Waals surface area contributed by atoms with Crippen LogP contribution in [-0.2, 0) is 9.59 Å². The first-order valence-corrected chi connectivity index (χ1v) is 11.1. The number of carbonyl (C=O) groups excluding carboxylic acids is 2.